The number of anilines is 1. The highest BCUT2D eigenvalue weighted by molar-refractivity contribution is 5.89. The lowest BCUT2D eigenvalue weighted by atomic mass is 9.97. The molecule has 1 aliphatic rings. The van der Waals surface area contributed by atoms with Gasteiger partial charge in [-0.1, -0.05) is 25.9 Å². The summed E-state index contributed by atoms with van der Waals surface area (Å²) in [5.74, 6) is 2.70. The first-order valence-corrected chi connectivity index (χ1v) is 9.32. The predicted octanol–water partition coefficient (Wildman–Crippen LogP) is 3.21. The van der Waals surface area contributed by atoms with Gasteiger partial charge in [-0.3, -0.25) is 10.00 Å². The van der Waals surface area contributed by atoms with E-state index in [2.05, 4.69) is 27.5 Å². The fourth-order valence-electron chi connectivity index (χ4n) is 3.35. The second kappa shape index (κ2) is 7.47. The first-order chi connectivity index (χ1) is 12.4. The van der Waals surface area contributed by atoms with E-state index in [0.29, 0.717) is 19.0 Å². The number of hydrogen-bond donors (Lipinski definition) is 1. The zero-order chi connectivity index (χ0) is 18.8. The molecule has 1 saturated heterocycles. The Morgan fingerprint density at radius 3 is 2.58 bits per heavy atom. The van der Waals surface area contributed by atoms with Crippen LogP contribution in [0.1, 0.15) is 68.4 Å². The van der Waals surface area contributed by atoms with Crippen LogP contribution in [0.3, 0.4) is 0 Å². The molecule has 0 spiro atoms. The highest BCUT2D eigenvalue weighted by Crippen LogP contribution is 2.28. The zero-order valence-electron chi connectivity index (χ0n) is 16.2. The average molecular weight is 360 g/mol. The third-order valence-corrected chi connectivity index (χ3v) is 5.05. The molecular formula is C18H28N6O2. The van der Waals surface area contributed by atoms with Gasteiger partial charge >= 0.3 is 6.03 Å². The summed E-state index contributed by atoms with van der Waals surface area (Å²) in [7, 11) is 1.86. The van der Waals surface area contributed by atoms with Crippen LogP contribution in [0.25, 0.3) is 0 Å². The summed E-state index contributed by atoms with van der Waals surface area (Å²) in [5.41, 5.74) is 2.05. The van der Waals surface area contributed by atoms with E-state index >= 15 is 0 Å². The summed E-state index contributed by atoms with van der Waals surface area (Å²) >= 11 is 0. The van der Waals surface area contributed by atoms with Gasteiger partial charge in [0.25, 0.3) is 0 Å². The van der Waals surface area contributed by atoms with Crippen LogP contribution in [0.5, 0.6) is 0 Å². The summed E-state index contributed by atoms with van der Waals surface area (Å²) in [6.07, 6.45) is 2.51. The lowest BCUT2D eigenvalue weighted by molar-refractivity contribution is 0.187. The van der Waals surface area contributed by atoms with Gasteiger partial charge in [0.2, 0.25) is 5.89 Å². The molecule has 142 valence electrons. The number of carbonyl (C=O) groups is 1. The molecule has 0 bridgehead atoms. The standard InChI is InChI=1S/C18H28N6O2/c1-6-14-12(4)16(23(5)21-14)20-18(25)24-9-7-13(8-10-24)17-19-15(11(2)3)22-26-17/h11,13H,6-10H2,1-5H3,(H,20,25). The summed E-state index contributed by atoms with van der Waals surface area (Å²) in [6.45, 7) is 9.50. The Hall–Kier alpha value is -2.38. The van der Waals surface area contributed by atoms with E-state index in [0.717, 1.165) is 42.2 Å². The number of amides is 2. The normalized spacial score (nSPS) is 15.7. The maximum absolute atomic E-state index is 12.6. The van der Waals surface area contributed by atoms with Crippen LogP contribution in [0.15, 0.2) is 4.52 Å². The van der Waals surface area contributed by atoms with Gasteiger partial charge in [0.1, 0.15) is 5.82 Å². The number of likely N-dealkylation sites (tertiary alicyclic amines) is 1. The predicted molar refractivity (Wildman–Crippen MR) is 98.3 cm³/mol. The molecule has 8 nitrogen and oxygen atoms in total. The Bertz CT molecular complexity index is 771. The molecule has 2 aromatic heterocycles. The topological polar surface area (TPSA) is 89.1 Å². The Kier molecular flexibility index (Phi) is 5.29. The summed E-state index contributed by atoms with van der Waals surface area (Å²) in [4.78, 5) is 19.0. The molecule has 1 fully saturated rings. The highest BCUT2D eigenvalue weighted by atomic mass is 16.5. The third-order valence-electron chi connectivity index (χ3n) is 5.05. The molecule has 26 heavy (non-hydrogen) atoms. The minimum atomic E-state index is -0.0781. The number of aromatic nitrogens is 4. The van der Waals surface area contributed by atoms with E-state index in [9.17, 15) is 4.79 Å². The fourth-order valence-corrected chi connectivity index (χ4v) is 3.35. The van der Waals surface area contributed by atoms with E-state index < -0.39 is 0 Å². The van der Waals surface area contributed by atoms with Crippen molar-refractivity contribution in [3.8, 4) is 0 Å². The molecule has 3 heterocycles. The highest BCUT2D eigenvalue weighted by Gasteiger charge is 2.28. The van der Waals surface area contributed by atoms with Crippen LogP contribution >= 0.6 is 0 Å². The maximum atomic E-state index is 12.6. The number of hydrogen-bond acceptors (Lipinski definition) is 5. The van der Waals surface area contributed by atoms with Crippen LogP contribution in [-0.4, -0.2) is 43.9 Å². The van der Waals surface area contributed by atoms with Gasteiger partial charge in [0.05, 0.1) is 5.69 Å². The SMILES string of the molecule is CCc1nn(C)c(NC(=O)N2CCC(c3nc(C(C)C)no3)CC2)c1C. The molecule has 0 radical (unpaired) electrons. The van der Waals surface area contributed by atoms with Gasteiger partial charge in [0, 0.05) is 37.5 Å². The molecule has 2 aromatic rings. The van der Waals surface area contributed by atoms with Crippen LogP contribution in [-0.2, 0) is 13.5 Å². The van der Waals surface area contributed by atoms with Gasteiger partial charge < -0.3 is 9.42 Å². The Morgan fingerprint density at radius 2 is 2.04 bits per heavy atom. The third kappa shape index (κ3) is 3.59. The number of carbonyl (C=O) groups excluding carboxylic acids is 1. The van der Waals surface area contributed by atoms with Crippen molar-refractivity contribution in [2.75, 3.05) is 18.4 Å². The summed E-state index contributed by atoms with van der Waals surface area (Å²) in [5, 5.41) is 11.5. The fraction of sp³-hybridized carbons (Fsp3) is 0.667. The largest absolute Gasteiger partial charge is 0.339 e. The van der Waals surface area contributed by atoms with E-state index in [-0.39, 0.29) is 17.9 Å². The van der Waals surface area contributed by atoms with Gasteiger partial charge in [0.15, 0.2) is 5.82 Å². The molecule has 0 saturated carbocycles. The number of aryl methyl sites for hydroxylation is 2. The second-order valence-electron chi connectivity index (χ2n) is 7.23. The van der Waals surface area contributed by atoms with Crippen LogP contribution < -0.4 is 5.32 Å². The van der Waals surface area contributed by atoms with Crippen molar-refractivity contribution in [1.82, 2.24) is 24.8 Å². The van der Waals surface area contributed by atoms with E-state index in [1.807, 2.05) is 32.7 Å². The van der Waals surface area contributed by atoms with Crippen molar-refractivity contribution in [2.45, 2.75) is 58.8 Å². The minimum absolute atomic E-state index is 0.0781. The average Bonchev–Trinajstić information content (AvgIpc) is 3.22. The van der Waals surface area contributed by atoms with E-state index in [1.165, 1.54) is 0 Å². The molecule has 0 unspecified atom stereocenters. The first kappa shape index (κ1) is 18.4. The Morgan fingerprint density at radius 1 is 1.35 bits per heavy atom. The van der Waals surface area contributed by atoms with Crippen LogP contribution in [0, 0.1) is 6.92 Å². The number of nitrogens with zero attached hydrogens (tertiary/aromatic N) is 5. The van der Waals surface area contributed by atoms with Gasteiger partial charge in [-0.2, -0.15) is 10.1 Å². The van der Waals surface area contributed by atoms with Gasteiger partial charge in [-0.05, 0) is 26.2 Å². The maximum Gasteiger partial charge on any atom is 0.323 e. The number of urea groups is 1. The molecule has 2 amide bonds. The van der Waals surface area contributed by atoms with E-state index in [1.54, 1.807) is 4.68 Å². The van der Waals surface area contributed by atoms with Crippen molar-refractivity contribution in [2.24, 2.45) is 7.05 Å². The second-order valence-corrected chi connectivity index (χ2v) is 7.23. The smallest absolute Gasteiger partial charge is 0.323 e. The van der Waals surface area contributed by atoms with Crippen molar-refractivity contribution in [1.29, 1.82) is 0 Å². The lowest BCUT2D eigenvalue weighted by Crippen LogP contribution is -2.41. The number of piperidine rings is 1. The zero-order valence-corrected chi connectivity index (χ0v) is 16.2. The quantitative estimate of drug-likeness (QED) is 0.904. The van der Waals surface area contributed by atoms with Crippen molar-refractivity contribution in [3.63, 3.8) is 0 Å². The van der Waals surface area contributed by atoms with Crippen LogP contribution in [0.4, 0.5) is 10.6 Å². The van der Waals surface area contributed by atoms with E-state index in [4.69, 9.17) is 4.52 Å². The summed E-state index contributed by atoms with van der Waals surface area (Å²) in [6, 6.07) is -0.0781. The first-order valence-electron chi connectivity index (χ1n) is 9.32. The van der Waals surface area contributed by atoms with Crippen LogP contribution in [0.2, 0.25) is 0 Å². The molecule has 0 aromatic carbocycles. The Balaban J connectivity index is 1.59. The monoisotopic (exact) mass is 360 g/mol. The lowest BCUT2D eigenvalue weighted by Gasteiger charge is -2.30. The molecule has 0 atom stereocenters. The molecule has 1 aliphatic heterocycles. The van der Waals surface area contributed by atoms with Gasteiger partial charge in [-0.15, -0.1) is 0 Å². The molecule has 1 N–H and O–H groups in total. The Labute approximate surface area is 153 Å². The van der Waals surface area contributed by atoms with Crippen molar-refractivity contribution >= 4 is 11.8 Å². The molecular weight excluding hydrogens is 332 g/mol. The van der Waals surface area contributed by atoms with Crippen molar-refractivity contribution in [3.05, 3.63) is 23.0 Å². The number of nitrogens with one attached hydrogen (secondary N) is 1. The number of rotatable bonds is 4. The molecule has 3 rings (SSSR count). The minimum Gasteiger partial charge on any atom is -0.339 e. The van der Waals surface area contributed by atoms with Gasteiger partial charge in [-0.25, -0.2) is 4.79 Å². The summed E-state index contributed by atoms with van der Waals surface area (Å²) < 4.78 is 7.15. The molecule has 0 aliphatic carbocycles. The van der Waals surface area contributed by atoms with Crippen molar-refractivity contribution < 1.29 is 9.32 Å². The molecule has 8 heteroatoms.